The molecule has 0 aliphatic rings. The first kappa shape index (κ1) is 16.2. The van der Waals surface area contributed by atoms with E-state index in [0.29, 0.717) is 18.0 Å². The topological polar surface area (TPSA) is 41.6 Å². The molecule has 2 aromatic carbocycles. The lowest BCUT2D eigenvalue weighted by atomic mass is 10.2. The minimum Gasteiger partial charge on any atom is -0.497 e. The molecule has 0 saturated carbocycles. The van der Waals surface area contributed by atoms with E-state index in [2.05, 4.69) is 17.4 Å². The molecule has 0 unspecified atom stereocenters. The van der Waals surface area contributed by atoms with Gasteiger partial charge in [0.25, 0.3) is 0 Å². The van der Waals surface area contributed by atoms with Gasteiger partial charge in [-0.2, -0.15) is 0 Å². The molecule has 1 N–H and O–H groups in total. The maximum atomic E-state index is 12.2. The molecular formula is C17H20N2O2S. The predicted molar refractivity (Wildman–Crippen MR) is 91.7 cm³/mol. The smallest absolute Gasteiger partial charge is 0.321 e. The number of ether oxygens (including phenoxy) is 1. The summed E-state index contributed by atoms with van der Waals surface area (Å²) in [5.74, 6) is 0.716. The number of amides is 2. The Morgan fingerprint density at radius 1 is 1.23 bits per heavy atom. The number of thioether (sulfide) groups is 1. The number of anilines is 1. The summed E-state index contributed by atoms with van der Waals surface area (Å²) in [6, 6.07) is 15.4. The minimum absolute atomic E-state index is 0.151. The average Bonchev–Trinajstić information content (AvgIpc) is 2.55. The molecule has 0 atom stereocenters. The molecule has 0 saturated heterocycles. The Morgan fingerprint density at radius 3 is 2.59 bits per heavy atom. The second-order valence-electron chi connectivity index (χ2n) is 4.87. The lowest BCUT2D eigenvalue weighted by molar-refractivity contribution is 0.220. The zero-order valence-electron chi connectivity index (χ0n) is 13.0. The molecular weight excluding hydrogens is 296 g/mol. The summed E-state index contributed by atoms with van der Waals surface area (Å²) in [4.78, 5) is 15.1. The molecule has 4 nitrogen and oxygen atoms in total. The van der Waals surface area contributed by atoms with Crippen LogP contribution in [0.3, 0.4) is 0 Å². The summed E-state index contributed by atoms with van der Waals surface area (Å²) < 4.78 is 5.15. The van der Waals surface area contributed by atoms with Gasteiger partial charge in [-0.05, 0) is 36.1 Å². The van der Waals surface area contributed by atoms with Crippen LogP contribution in [0.5, 0.6) is 5.75 Å². The standard InChI is InChI=1S/C17H20N2O2S/c1-19(12-13-7-9-16(22-3)10-8-13)17(20)18-14-5-4-6-15(11-14)21-2/h4-11H,12H2,1-3H3,(H,18,20). The first-order chi connectivity index (χ1) is 10.6. The van der Waals surface area contributed by atoms with Crippen LogP contribution < -0.4 is 10.1 Å². The highest BCUT2D eigenvalue weighted by Crippen LogP contribution is 2.18. The summed E-state index contributed by atoms with van der Waals surface area (Å²) in [5, 5.41) is 2.86. The molecule has 2 amide bonds. The van der Waals surface area contributed by atoms with E-state index in [-0.39, 0.29) is 6.03 Å². The molecule has 0 fully saturated rings. The second-order valence-corrected chi connectivity index (χ2v) is 5.75. The SMILES string of the molecule is COc1cccc(NC(=O)N(C)Cc2ccc(SC)cc2)c1. The molecule has 0 radical (unpaired) electrons. The molecule has 0 spiro atoms. The maximum absolute atomic E-state index is 12.2. The molecule has 0 aliphatic carbocycles. The van der Waals surface area contributed by atoms with Gasteiger partial charge in [0.15, 0.2) is 0 Å². The number of nitrogens with zero attached hydrogens (tertiary/aromatic N) is 1. The van der Waals surface area contributed by atoms with Crippen molar-refractivity contribution in [3.8, 4) is 5.75 Å². The van der Waals surface area contributed by atoms with E-state index in [9.17, 15) is 4.79 Å². The molecule has 0 heterocycles. The van der Waals surface area contributed by atoms with Gasteiger partial charge in [0, 0.05) is 30.2 Å². The monoisotopic (exact) mass is 316 g/mol. The van der Waals surface area contributed by atoms with Crippen molar-refractivity contribution in [1.82, 2.24) is 4.90 Å². The number of methoxy groups -OCH3 is 1. The number of rotatable bonds is 5. The fourth-order valence-corrected chi connectivity index (χ4v) is 2.40. The zero-order chi connectivity index (χ0) is 15.9. The van der Waals surface area contributed by atoms with Crippen LogP contribution in [-0.4, -0.2) is 31.3 Å². The van der Waals surface area contributed by atoms with Crippen LogP contribution in [-0.2, 0) is 6.54 Å². The van der Waals surface area contributed by atoms with E-state index in [1.165, 1.54) is 4.90 Å². The van der Waals surface area contributed by atoms with E-state index < -0.39 is 0 Å². The fourth-order valence-electron chi connectivity index (χ4n) is 2.00. The second kappa shape index (κ2) is 7.75. The number of hydrogen-bond donors (Lipinski definition) is 1. The van der Waals surface area contributed by atoms with Gasteiger partial charge in [0.05, 0.1) is 7.11 Å². The van der Waals surface area contributed by atoms with Gasteiger partial charge in [-0.15, -0.1) is 11.8 Å². The Morgan fingerprint density at radius 2 is 1.95 bits per heavy atom. The normalized spacial score (nSPS) is 10.1. The van der Waals surface area contributed by atoms with Crippen LogP contribution in [0.2, 0.25) is 0 Å². The van der Waals surface area contributed by atoms with Gasteiger partial charge in [-0.1, -0.05) is 18.2 Å². The van der Waals surface area contributed by atoms with Crippen molar-refractivity contribution in [2.45, 2.75) is 11.4 Å². The summed E-state index contributed by atoms with van der Waals surface area (Å²) in [6.07, 6.45) is 2.04. The van der Waals surface area contributed by atoms with Gasteiger partial charge < -0.3 is 15.0 Å². The van der Waals surface area contributed by atoms with Gasteiger partial charge in [0.1, 0.15) is 5.75 Å². The van der Waals surface area contributed by atoms with E-state index in [4.69, 9.17) is 4.74 Å². The largest absolute Gasteiger partial charge is 0.497 e. The highest BCUT2D eigenvalue weighted by Gasteiger charge is 2.09. The van der Waals surface area contributed by atoms with Gasteiger partial charge in [-0.25, -0.2) is 4.79 Å². The van der Waals surface area contributed by atoms with Crippen molar-refractivity contribution < 1.29 is 9.53 Å². The van der Waals surface area contributed by atoms with Crippen molar-refractivity contribution in [2.75, 3.05) is 25.7 Å². The number of urea groups is 1. The van der Waals surface area contributed by atoms with E-state index in [1.807, 2.05) is 36.6 Å². The third kappa shape index (κ3) is 4.43. The molecule has 0 bridgehead atoms. The lowest BCUT2D eigenvalue weighted by Gasteiger charge is -2.18. The summed E-state index contributed by atoms with van der Waals surface area (Å²) >= 11 is 1.70. The number of carbonyl (C=O) groups excluding carboxylic acids is 1. The van der Waals surface area contributed by atoms with Gasteiger partial charge >= 0.3 is 6.03 Å². The van der Waals surface area contributed by atoms with Crippen molar-refractivity contribution in [3.63, 3.8) is 0 Å². The minimum atomic E-state index is -0.151. The molecule has 116 valence electrons. The third-order valence-corrected chi connectivity index (χ3v) is 3.99. The van der Waals surface area contributed by atoms with Crippen molar-refractivity contribution >= 4 is 23.5 Å². The average molecular weight is 316 g/mol. The van der Waals surface area contributed by atoms with Crippen LogP contribution in [0.1, 0.15) is 5.56 Å². The van der Waals surface area contributed by atoms with Crippen molar-refractivity contribution in [2.24, 2.45) is 0 Å². The summed E-state index contributed by atoms with van der Waals surface area (Å²) in [7, 11) is 3.38. The van der Waals surface area contributed by atoms with Crippen LogP contribution in [0.15, 0.2) is 53.4 Å². The van der Waals surface area contributed by atoms with Crippen LogP contribution in [0.4, 0.5) is 10.5 Å². The Bertz CT molecular complexity index is 629. The van der Waals surface area contributed by atoms with E-state index in [0.717, 1.165) is 5.56 Å². The Balaban J connectivity index is 1.96. The quantitative estimate of drug-likeness (QED) is 0.845. The molecule has 2 rings (SSSR count). The highest BCUT2D eigenvalue weighted by atomic mass is 32.2. The first-order valence-electron chi connectivity index (χ1n) is 6.91. The first-order valence-corrected chi connectivity index (χ1v) is 8.14. The zero-order valence-corrected chi connectivity index (χ0v) is 13.8. The van der Waals surface area contributed by atoms with Crippen LogP contribution in [0, 0.1) is 0 Å². The molecule has 22 heavy (non-hydrogen) atoms. The number of nitrogens with one attached hydrogen (secondary N) is 1. The van der Waals surface area contributed by atoms with Crippen LogP contribution >= 0.6 is 11.8 Å². The molecule has 2 aromatic rings. The molecule has 5 heteroatoms. The van der Waals surface area contributed by atoms with Gasteiger partial charge in [0.2, 0.25) is 0 Å². The Labute approximate surface area is 135 Å². The Hall–Kier alpha value is -2.14. The van der Waals surface area contributed by atoms with E-state index in [1.54, 1.807) is 36.9 Å². The summed E-state index contributed by atoms with van der Waals surface area (Å²) in [5.41, 5.74) is 1.81. The summed E-state index contributed by atoms with van der Waals surface area (Å²) in [6.45, 7) is 0.560. The third-order valence-electron chi connectivity index (χ3n) is 3.25. The van der Waals surface area contributed by atoms with Crippen molar-refractivity contribution in [1.29, 1.82) is 0 Å². The number of carbonyl (C=O) groups is 1. The van der Waals surface area contributed by atoms with Crippen molar-refractivity contribution in [3.05, 3.63) is 54.1 Å². The number of hydrogen-bond acceptors (Lipinski definition) is 3. The molecule has 0 aromatic heterocycles. The maximum Gasteiger partial charge on any atom is 0.321 e. The van der Waals surface area contributed by atoms with E-state index >= 15 is 0 Å². The predicted octanol–water partition coefficient (Wildman–Crippen LogP) is 4.08. The lowest BCUT2D eigenvalue weighted by Crippen LogP contribution is -2.30. The fraction of sp³-hybridized carbons (Fsp3) is 0.235. The highest BCUT2D eigenvalue weighted by molar-refractivity contribution is 7.98. The Kier molecular flexibility index (Phi) is 5.72. The van der Waals surface area contributed by atoms with Crippen LogP contribution in [0.25, 0.3) is 0 Å². The van der Waals surface area contributed by atoms with Gasteiger partial charge in [-0.3, -0.25) is 0 Å². The molecule has 0 aliphatic heterocycles. The number of benzene rings is 2.